The van der Waals surface area contributed by atoms with Crippen LogP contribution in [0.3, 0.4) is 0 Å². The second-order valence-corrected chi connectivity index (χ2v) is 6.43. The van der Waals surface area contributed by atoms with Gasteiger partial charge >= 0.3 is 0 Å². The number of fused-ring (bicyclic) bond motifs is 1. The SMILES string of the molecule is COc1ccc([C@H]2CC(=O)C3=C(C2)Nc2ccccc2N=C3)c(OC)c1. The molecule has 1 heterocycles. The van der Waals surface area contributed by atoms with Crippen molar-refractivity contribution in [3.63, 3.8) is 0 Å². The van der Waals surface area contributed by atoms with Gasteiger partial charge in [-0.05, 0) is 30.2 Å². The minimum Gasteiger partial charge on any atom is -0.497 e. The van der Waals surface area contributed by atoms with E-state index >= 15 is 0 Å². The van der Waals surface area contributed by atoms with Gasteiger partial charge in [-0.3, -0.25) is 9.79 Å². The van der Waals surface area contributed by atoms with Crippen LogP contribution < -0.4 is 14.8 Å². The molecule has 1 N–H and O–H groups in total. The number of allylic oxidation sites excluding steroid dienone is 2. The van der Waals surface area contributed by atoms with E-state index in [4.69, 9.17) is 9.47 Å². The molecule has 0 radical (unpaired) electrons. The summed E-state index contributed by atoms with van der Waals surface area (Å²) in [5, 5.41) is 3.42. The van der Waals surface area contributed by atoms with Crippen LogP contribution in [-0.2, 0) is 4.79 Å². The Hall–Kier alpha value is -3.08. The molecule has 26 heavy (non-hydrogen) atoms. The maximum absolute atomic E-state index is 12.8. The normalized spacial score (nSPS) is 18.5. The summed E-state index contributed by atoms with van der Waals surface area (Å²) >= 11 is 0. The molecule has 0 unspecified atom stereocenters. The van der Waals surface area contributed by atoms with Crippen LogP contribution in [-0.4, -0.2) is 26.2 Å². The second-order valence-electron chi connectivity index (χ2n) is 6.43. The molecule has 4 rings (SSSR count). The Bertz CT molecular complexity index is 931. The third kappa shape index (κ3) is 2.86. The van der Waals surface area contributed by atoms with E-state index in [1.807, 2.05) is 42.5 Å². The number of ketones is 1. The molecule has 2 aromatic rings. The highest BCUT2D eigenvalue weighted by atomic mass is 16.5. The zero-order chi connectivity index (χ0) is 18.1. The average Bonchev–Trinajstić information content (AvgIpc) is 2.86. The lowest BCUT2D eigenvalue weighted by molar-refractivity contribution is -0.115. The van der Waals surface area contributed by atoms with Gasteiger partial charge in [0.1, 0.15) is 11.5 Å². The predicted octanol–water partition coefficient (Wildman–Crippen LogP) is 4.23. The molecule has 0 fully saturated rings. The van der Waals surface area contributed by atoms with Crippen LogP contribution in [0.5, 0.6) is 11.5 Å². The molecule has 0 amide bonds. The molecule has 1 aliphatic heterocycles. The fourth-order valence-corrected chi connectivity index (χ4v) is 3.56. The summed E-state index contributed by atoms with van der Waals surface area (Å²) in [6.07, 6.45) is 2.85. The third-order valence-electron chi connectivity index (χ3n) is 4.91. The largest absolute Gasteiger partial charge is 0.497 e. The Morgan fingerprint density at radius 3 is 2.73 bits per heavy atom. The van der Waals surface area contributed by atoms with Gasteiger partial charge in [0.2, 0.25) is 0 Å². The molecule has 1 aliphatic carbocycles. The number of Topliss-reactive ketones (excluding diaryl/α,β-unsaturated/α-hetero) is 1. The van der Waals surface area contributed by atoms with Crippen LogP contribution in [0.25, 0.3) is 0 Å². The zero-order valence-electron chi connectivity index (χ0n) is 14.8. The highest BCUT2D eigenvalue weighted by molar-refractivity contribution is 6.16. The first-order valence-electron chi connectivity index (χ1n) is 8.58. The van der Waals surface area contributed by atoms with Gasteiger partial charge in [0.15, 0.2) is 5.78 Å². The number of ether oxygens (including phenoxy) is 2. The monoisotopic (exact) mass is 348 g/mol. The number of carbonyl (C=O) groups excluding carboxylic acids is 1. The number of hydrogen-bond donors (Lipinski definition) is 1. The summed E-state index contributed by atoms with van der Waals surface area (Å²) in [5.74, 6) is 1.63. The van der Waals surface area contributed by atoms with Crippen molar-refractivity contribution in [3.8, 4) is 11.5 Å². The van der Waals surface area contributed by atoms with Crippen LogP contribution in [0.4, 0.5) is 11.4 Å². The van der Waals surface area contributed by atoms with E-state index in [9.17, 15) is 4.79 Å². The highest BCUT2D eigenvalue weighted by Crippen LogP contribution is 2.41. The predicted molar refractivity (Wildman–Crippen MR) is 102 cm³/mol. The molecule has 0 aromatic heterocycles. The Labute approximate surface area is 152 Å². The first-order chi connectivity index (χ1) is 12.7. The van der Waals surface area contributed by atoms with E-state index in [0.717, 1.165) is 40.6 Å². The van der Waals surface area contributed by atoms with E-state index in [1.165, 1.54) is 0 Å². The Morgan fingerprint density at radius 1 is 1.08 bits per heavy atom. The summed E-state index contributed by atoms with van der Waals surface area (Å²) < 4.78 is 10.8. The number of aliphatic imine (C=N–C) groups is 1. The first-order valence-corrected chi connectivity index (χ1v) is 8.58. The van der Waals surface area contributed by atoms with Crippen LogP contribution in [0.15, 0.2) is 58.7 Å². The molecule has 0 saturated heterocycles. The molecular formula is C21H20N2O3. The van der Waals surface area contributed by atoms with Crippen molar-refractivity contribution < 1.29 is 14.3 Å². The fourth-order valence-electron chi connectivity index (χ4n) is 3.56. The van der Waals surface area contributed by atoms with Crippen molar-refractivity contribution in [1.82, 2.24) is 0 Å². The molecule has 0 spiro atoms. The van der Waals surface area contributed by atoms with Crippen molar-refractivity contribution in [1.29, 1.82) is 0 Å². The number of hydrogen-bond acceptors (Lipinski definition) is 5. The van der Waals surface area contributed by atoms with Gasteiger partial charge < -0.3 is 14.8 Å². The standard InChI is InChI=1S/C21H20N2O3/c1-25-14-7-8-15(21(11-14)26-2)13-9-19-16(20(24)10-13)12-22-17-5-3-4-6-18(17)23-19/h3-8,11-13,23H,9-10H2,1-2H3/t13-/m1/s1. The Kier molecular flexibility index (Phi) is 4.21. The molecule has 2 aliphatic rings. The van der Waals surface area contributed by atoms with E-state index in [-0.39, 0.29) is 11.7 Å². The number of carbonyl (C=O) groups is 1. The van der Waals surface area contributed by atoms with Crippen LogP contribution in [0.1, 0.15) is 24.3 Å². The molecule has 2 aromatic carbocycles. The molecule has 5 nitrogen and oxygen atoms in total. The smallest absolute Gasteiger partial charge is 0.166 e. The van der Waals surface area contributed by atoms with Crippen molar-refractivity contribution in [2.45, 2.75) is 18.8 Å². The zero-order valence-corrected chi connectivity index (χ0v) is 14.8. The third-order valence-corrected chi connectivity index (χ3v) is 4.91. The number of nitrogens with zero attached hydrogens (tertiary/aromatic N) is 1. The maximum Gasteiger partial charge on any atom is 0.166 e. The van der Waals surface area contributed by atoms with Crippen molar-refractivity contribution in [2.24, 2.45) is 4.99 Å². The number of anilines is 1. The van der Waals surface area contributed by atoms with E-state index in [2.05, 4.69) is 10.3 Å². The van der Waals surface area contributed by atoms with Crippen molar-refractivity contribution in [3.05, 3.63) is 59.3 Å². The molecule has 0 bridgehead atoms. The van der Waals surface area contributed by atoms with E-state index in [1.54, 1.807) is 20.4 Å². The van der Waals surface area contributed by atoms with E-state index in [0.29, 0.717) is 12.0 Å². The number of methoxy groups -OCH3 is 2. The van der Waals surface area contributed by atoms with Crippen molar-refractivity contribution in [2.75, 3.05) is 19.5 Å². The van der Waals surface area contributed by atoms with Gasteiger partial charge in [0.25, 0.3) is 0 Å². The van der Waals surface area contributed by atoms with Crippen LogP contribution in [0.2, 0.25) is 0 Å². The quantitative estimate of drug-likeness (QED) is 0.902. The topological polar surface area (TPSA) is 59.9 Å². The summed E-state index contributed by atoms with van der Waals surface area (Å²) in [6, 6.07) is 13.6. The Morgan fingerprint density at radius 2 is 1.92 bits per heavy atom. The van der Waals surface area contributed by atoms with Crippen LogP contribution in [0, 0.1) is 0 Å². The molecule has 132 valence electrons. The van der Waals surface area contributed by atoms with Gasteiger partial charge in [-0.15, -0.1) is 0 Å². The van der Waals surface area contributed by atoms with Gasteiger partial charge in [0, 0.05) is 30.3 Å². The molecule has 0 saturated carbocycles. The lowest BCUT2D eigenvalue weighted by Crippen LogP contribution is -2.22. The van der Waals surface area contributed by atoms with Crippen LogP contribution >= 0.6 is 0 Å². The lowest BCUT2D eigenvalue weighted by atomic mass is 9.81. The highest BCUT2D eigenvalue weighted by Gasteiger charge is 2.31. The first kappa shape index (κ1) is 16.4. The van der Waals surface area contributed by atoms with Crippen molar-refractivity contribution >= 4 is 23.4 Å². The minimum atomic E-state index is 0.0493. The lowest BCUT2D eigenvalue weighted by Gasteiger charge is -2.27. The summed E-state index contributed by atoms with van der Waals surface area (Å²) in [6.45, 7) is 0. The van der Waals surface area contributed by atoms with Gasteiger partial charge in [-0.1, -0.05) is 18.2 Å². The van der Waals surface area contributed by atoms with Gasteiger partial charge in [-0.2, -0.15) is 0 Å². The second kappa shape index (κ2) is 6.67. The average molecular weight is 348 g/mol. The maximum atomic E-state index is 12.8. The van der Waals surface area contributed by atoms with Gasteiger partial charge in [0.05, 0.1) is 31.2 Å². The molecular weight excluding hydrogens is 328 g/mol. The number of benzene rings is 2. The van der Waals surface area contributed by atoms with Gasteiger partial charge in [-0.25, -0.2) is 0 Å². The fraction of sp³-hybridized carbons (Fsp3) is 0.238. The summed E-state index contributed by atoms with van der Waals surface area (Å²) in [7, 11) is 3.27. The summed E-state index contributed by atoms with van der Waals surface area (Å²) in [4.78, 5) is 17.3. The molecule has 5 heteroatoms. The number of para-hydroxylation sites is 2. The number of rotatable bonds is 3. The minimum absolute atomic E-state index is 0.0493. The number of nitrogens with one attached hydrogen (secondary N) is 1. The molecule has 1 atom stereocenters. The summed E-state index contributed by atoms with van der Waals surface area (Å²) in [5.41, 5.74) is 4.37. The van der Waals surface area contributed by atoms with E-state index < -0.39 is 0 Å². The Balaban J connectivity index is 1.69.